The van der Waals surface area contributed by atoms with Gasteiger partial charge in [0.2, 0.25) is 0 Å². The Hall–Kier alpha value is -0.540. The van der Waals surface area contributed by atoms with Gasteiger partial charge in [0.15, 0.2) is 0 Å². The fourth-order valence-corrected chi connectivity index (χ4v) is 3.96. The van der Waals surface area contributed by atoms with Crippen molar-refractivity contribution < 1.29 is 0 Å². The maximum Gasteiger partial charge on any atom is 0.0511 e. The lowest BCUT2D eigenvalue weighted by atomic mass is 9.72. The molecule has 106 valence electrons. The van der Waals surface area contributed by atoms with E-state index in [1.807, 2.05) is 0 Å². The van der Waals surface area contributed by atoms with E-state index in [1.165, 1.54) is 22.1 Å². The van der Waals surface area contributed by atoms with Gasteiger partial charge in [-0.2, -0.15) is 0 Å². The van der Waals surface area contributed by atoms with Crippen LogP contribution in [0.5, 0.6) is 0 Å². The van der Waals surface area contributed by atoms with Crippen molar-refractivity contribution >= 4 is 21.6 Å². The van der Waals surface area contributed by atoms with Crippen LogP contribution in [-0.4, -0.2) is 19.6 Å². The highest BCUT2D eigenvalue weighted by Gasteiger charge is 2.35. The highest BCUT2D eigenvalue weighted by molar-refractivity contribution is 9.10. The van der Waals surface area contributed by atoms with Gasteiger partial charge in [0.05, 0.1) is 5.69 Å². The van der Waals surface area contributed by atoms with Crippen molar-refractivity contribution in [3.63, 3.8) is 0 Å². The van der Waals surface area contributed by atoms with Gasteiger partial charge in [0, 0.05) is 17.6 Å². The molecule has 0 saturated carbocycles. The predicted octanol–water partition coefficient (Wildman–Crippen LogP) is 3.96. The number of halogens is 1. The highest BCUT2D eigenvalue weighted by atomic mass is 79.9. The van der Waals surface area contributed by atoms with E-state index in [0.29, 0.717) is 5.41 Å². The number of rotatable bonds is 3. The summed E-state index contributed by atoms with van der Waals surface area (Å²) >= 11 is 3.70. The fraction of sp³-hybridized carbons (Fsp3) is 0.625. The van der Waals surface area contributed by atoms with Crippen molar-refractivity contribution in [1.82, 2.24) is 0 Å². The van der Waals surface area contributed by atoms with Crippen molar-refractivity contribution in [2.75, 3.05) is 24.5 Å². The largest absolute Gasteiger partial charge is 0.370 e. The number of hydrogen-bond donors (Lipinski definition) is 1. The molecule has 1 aromatic carbocycles. The van der Waals surface area contributed by atoms with Crippen LogP contribution in [0.3, 0.4) is 0 Å². The van der Waals surface area contributed by atoms with E-state index in [2.05, 4.69) is 59.8 Å². The van der Waals surface area contributed by atoms with Gasteiger partial charge < -0.3 is 10.6 Å². The van der Waals surface area contributed by atoms with Crippen molar-refractivity contribution in [3.8, 4) is 0 Å². The lowest BCUT2D eigenvalue weighted by Gasteiger charge is -2.45. The van der Waals surface area contributed by atoms with Gasteiger partial charge in [0.1, 0.15) is 0 Å². The number of benzene rings is 1. The molecule has 0 amide bonds. The van der Waals surface area contributed by atoms with Crippen LogP contribution in [-0.2, 0) is 0 Å². The molecule has 0 aromatic heterocycles. The Morgan fingerprint density at radius 3 is 2.74 bits per heavy atom. The number of hydrogen-bond acceptors (Lipinski definition) is 2. The molecule has 0 spiro atoms. The maximum atomic E-state index is 5.75. The summed E-state index contributed by atoms with van der Waals surface area (Å²) in [5.74, 6) is 0.748. The first kappa shape index (κ1) is 14.9. The molecular formula is C16H25BrN2. The van der Waals surface area contributed by atoms with Crippen LogP contribution in [0.2, 0.25) is 0 Å². The molecule has 1 aliphatic rings. The van der Waals surface area contributed by atoms with Crippen LogP contribution in [0.4, 0.5) is 5.69 Å². The van der Waals surface area contributed by atoms with Crippen molar-refractivity contribution in [2.45, 2.75) is 33.6 Å². The first-order valence-electron chi connectivity index (χ1n) is 7.15. The van der Waals surface area contributed by atoms with Crippen LogP contribution in [0.1, 0.15) is 32.3 Å². The van der Waals surface area contributed by atoms with E-state index in [9.17, 15) is 0 Å². The van der Waals surface area contributed by atoms with Crippen molar-refractivity contribution in [1.29, 1.82) is 0 Å². The normalized spacial score (nSPS) is 22.6. The topological polar surface area (TPSA) is 29.3 Å². The molecule has 2 rings (SSSR count). The number of aryl methyl sites for hydroxylation is 1. The highest BCUT2D eigenvalue weighted by Crippen LogP contribution is 2.40. The molecule has 1 atom stereocenters. The third-order valence-electron chi connectivity index (χ3n) is 4.41. The molecule has 1 unspecified atom stereocenters. The molecule has 0 bridgehead atoms. The standard InChI is InChI=1S/C16H25BrN2/c1-12-4-5-15(14(17)10-12)19-9-7-13(6-8-18)16(2,3)11-19/h4-5,10,13H,6-9,11,18H2,1-3H3. The minimum absolute atomic E-state index is 0.335. The zero-order valence-corrected chi connectivity index (χ0v) is 13.8. The molecule has 0 aliphatic carbocycles. The molecule has 2 N–H and O–H groups in total. The predicted molar refractivity (Wildman–Crippen MR) is 86.7 cm³/mol. The second-order valence-electron chi connectivity index (χ2n) is 6.43. The summed E-state index contributed by atoms with van der Waals surface area (Å²) in [5.41, 5.74) is 8.70. The Labute approximate surface area is 125 Å². The fourth-order valence-electron chi connectivity index (χ4n) is 3.21. The number of nitrogens with two attached hydrogens (primary N) is 1. The third-order valence-corrected chi connectivity index (χ3v) is 5.05. The first-order valence-corrected chi connectivity index (χ1v) is 7.94. The van der Waals surface area contributed by atoms with Gasteiger partial charge in [-0.15, -0.1) is 0 Å². The van der Waals surface area contributed by atoms with E-state index in [-0.39, 0.29) is 0 Å². The number of piperidine rings is 1. The Morgan fingerprint density at radius 2 is 2.16 bits per heavy atom. The summed E-state index contributed by atoms with van der Waals surface area (Å²) in [4.78, 5) is 2.51. The summed E-state index contributed by atoms with van der Waals surface area (Å²) in [7, 11) is 0. The second-order valence-corrected chi connectivity index (χ2v) is 7.28. The summed E-state index contributed by atoms with van der Waals surface area (Å²) < 4.78 is 1.21. The molecule has 2 nitrogen and oxygen atoms in total. The Kier molecular flexibility index (Phi) is 4.57. The third kappa shape index (κ3) is 3.32. The summed E-state index contributed by atoms with van der Waals surface area (Å²) in [6, 6.07) is 6.63. The van der Waals surface area contributed by atoms with E-state index in [4.69, 9.17) is 5.73 Å². The summed E-state index contributed by atoms with van der Waals surface area (Å²) in [5, 5.41) is 0. The molecule has 3 heteroatoms. The average molecular weight is 325 g/mol. The smallest absolute Gasteiger partial charge is 0.0511 e. The first-order chi connectivity index (χ1) is 8.94. The van der Waals surface area contributed by atoms with E-state index in [0.717, 1.165) is 32.0 Å². The quantitative estimate of drug-likeness (QED) is 0.911. The minimum Gasteiger partial charge on any atom is -0.370 e. The monoisotopic (exact) mass is 324 g/mol. The SMILES string of the molecule is Cc1ccc(N2CCC(CCN)C(C)(C)C2)c(Br)c1. The van der Waals surface area contributed by atoms with Gasteiger partial charge in [-0.25, -0.2) is 0 Å². The van der Waals surface area contributed by atoms with Crippen LogP contribution in [0.25, 0.3) is 0 Å². The van der Waals surface area contributed by atoms with Crippen molar-refractivity contribution in [3.05, 3.63) is 28.2 Å². The Bertz CT molecular complexity index is 442. The summed E-state index contributed by atoms with van der Waals surface area (Å²) in [6.07, 6.45) is 2.39. The minimum atomic E-state index is 0.335. The van der Waals surface area contributed by atoms with Gasteiger partial charge in [-0.3, -0.25) is 0 Å². The molecule has 1 fully saturated rings. The lowest BCUT2D eigenvalue weighted by Crippen LogP contribution is -2.46. The molecule has 1 heterocycles. The van der Waals surface area contributed by atoms with Gasteiger partial charge >= 0.3 is 0 Å². The molecular weight excluding hydrogens is 300 g/mol. The molecule has 1 saturated heterocycles. The zero-order valence-electron chi connectivity index (χ0n) is 12.2. The molecule has 0 radical (unpaired) electrons. The number of nitrogens with zero attached hydrogens (tertiary/aromatic N) is 1. The number of anilines is 1. The van der Waals surface area contributed by atoms with Gasteiger partial charge in [0.25, 0.3) is 0 Å². The Balaban J connectivity index is 2.16. The van der Waals surface area contributed by atoms with Crippen LogP contribution >= 0.6 is 15.9 Å². The van der Waals surface area contributed by atoms with E-state index in [1.54, 1.807) is 0 Å². The lowest BCUT2D eigenvalue weighted by molar-refractivity contribution is 0.167. The second kappa shape index (κ2) is 5.84. The van der Waals surface area contributed by atoms with E-state index < -0.39 is 0 Å². The maximum absolute atomic E-state index is 5.75. The molecule has 19 heavy (non-hydrogen) atoms. The molecule has 1 aliphatic heterocycles. The van der Waals surface area contributed by atoms with Crippen LogP contribution < -0.4 is 10.6 Å². The Morgan fingerprint density at radius 1 is 1.42 bits per heavy atom. The van der Waals surface area contributed by atoms with Crippen molar-refractivity contribution in [2.24, 2.45) is 17.1 Å². The zero-order chi connectivity index (χ0) is 14.0. The van der Waals surface area contributed by atoms with Crippen LogP contribution in [0, 0.1) is 18.3 Å². The van der Waals surface area contributed by atoms with E-state index >= 15 is 0 Å². The van der Waals surface area contributed by atoms with Gasteiger partial charge in [-0.05, 0) is 71.3 Å². The summed E-state index contributed by atoms with van der Waals surface area (Å²) in [6.45, 7) is 9.94. The van der Waals surface area contributed by atoms with Gasteiger partial charge in [-0.1, -0.05) is 19.9 Å². The molecule has 1 aromatic rings. The average Bonchev–Trinajstić information content (AvgIpc) is 2.31. The van der Waals surface area contributed by atoms with Crippen LogP contribution in [0.15, 0.2) is 22.7 Å².